The Hall–Kier alpha value is -0.210. The Labute approximate surface area is 129 Å². The summed E-state index contributed by atoms with van der Waals surface area (Å²) < 4.78 is 1.16. The minimum atomic E-state index is 0.578. The maximum absolute atomic E-state index is 5.88. The van der Waals surface area contributed by atoms with Crippen LogP contribution < -0.4 is 4.90 Å². The Balaban J connectivity index is 1.68. The zero-order chi connectivity index (χ0) is 13.4. The van der Waals surface area contributed by atoms with Gasteiger partial charge in [-0.3, -0.25) is 0 Å². The molecule has 1 aromatic carbocycles. The molecule has 0 radical (unpaired) electrons. The van der Waals surface area contributed by atoms with Gasteiger partial charge in [-0.25, -0.2) is 0 Å². The first kappa shape index (κ1) is 13.8. The van der Waals surface area contributed by atoms with E-state index < -0.39 is 0 Å². The molecule has 0 aliphatic heterocycles. The minimum Gasteiger partial charge on any atom is -0.373 e. The van der Waals surface area contributed by atoms with Crippen LogP contribution in [0.3, 0.4) is 0 Å². The van der Waals surface area contributed by atoms with Gasteiger partial charge >= 0.3 is 0 Å². The summed E-state index contributed by atoms with van der Waals surface area (Å²) in [5.41, 5.74) is 2.46. The first-order valence-electron chi connectivity index (χ1n) is 7.23. The van der Waals surface area contributed by atoms with Crippen LogP contribution in [0.5, 0.6) is 0 Å². The Morgan fingerprint density at radius 2 is 2.16 bits per heavy atom. The lowest BCUT2D eigenvalue weighted by atomic mass is 9.88. The lowest BCUT2D eigenvalue weighted by molar-refractivity contribution is 0.337. The molecule has 0 aromatic heterocycles. The maximum atomic E-state index is 5.88. The van der Waals surface area contributed by atoms with E-state index in [0.29, 0.717) is 5.88 Å². The van der Waals surface area contributed by atoms with E-state index >= 15 is 0 Å². The summed E-state index contributed by atoms with van der Waals surface area (Å²) in [5, 5.41) is 0. The molecular formula is C16H21BrClN. The monoisotopic (exact) mass is 341 g/mol. The van der Waals surface area contributed by atoms with E-state index in [9.17, 15) is 0 Å². The van der Waals surface area contributed by atoms with Crippen molar-refractivity contribution >= 4 is 33.2 Å². The topological polar surface area (TPSA) is 3.24 Å². The van der Waals surface area contributed by atoms with Crippen LogP contribution in [0, 0.1) is 17.8 Å². The van der Waals surface area contributed by atoms with Gasteiger partial charge in [-0.15, -0.1) is 11.6 Å². The lowest BCUT2D eigenvalue weighted by Crippen LogP contribution is -2.28. The van der Waals surface area contributed by atoms with Crippen molar-refractivity contribution in [3.8, 4) is 0 Å². The molecule has 2 saturated carbocycles. The molecule has 2 bridgehead atoms. The number of benzene rings is 1. The van der Waals surface area contributed by atoms with Gasteiger partial charge in [-0.1, -0.05) is 12.5 Å². The fourth-order valence-electron chi connectivity index (χ4n) is 3.99. The highest BCUT2D eigenvalue weighted by molar-refractivity contribution is 9.10. The quantitative estimate of drug-likeness (QED) is 0.691. The molecule has 0 N–H and O–H groups in total. The zero-order valence-corrected chi connectivity index (χ0v) is 13.8. The predicted molar refractivity (Wildman–Crippen MR) is 85.9 cm³/mol. The van der Waals surface area contributed by atoms with Gasteiger partial charge in [0.05, 0.1) is 5.69 Å². The summed E-state index contributed by atoms with van der Waals surface area (Å²) in [6.07, 6.45) is 5.89. The smallest absolute Gasteiger partial charge is 0.0508 e. The molecule has 3 heteroatoms. The van der Waals surface area contributed by atoms with Crippen LogP contribution in [0.2, 0.25) is 0 Å². The highest BCUT2D eigenvalue weighted by Gasteiger charge is 2.39. The van der Waals surface area contributed by atoms with E-state index in [1.54, 1.807) is 0 Å². The number of fused-ring (bicyclic) bond motifs is 2. The standard InChI is InChI=1S/C16H21BrClN/c1-19(10-14-7-11-2-4-13(14)6-11)16-5-3-12(9-18)8-15(16)17/h3,5,8,11,13-14H,2,4,6-7,9-10H2,1H3. The molecule has 1 aromatic rings. The third kappa shape index (κ3) is 2.80. The fraction of sp³-hybridized carbons (Fsp3) is 0.625. The van der Waals surface area contributed by atoms with E-state index in [-0.39, 0.29) is 0 Å². The summed E-state index contributed by atoms with van der Waals surface area (Å²) in [4.78, 5) is 2.41. The summed E-state index contributed by atoms with van der Waals surface area (Å²) in [5.74, 6) is 3.51. The third-order valence-corrected chi connectivity index (χ3v) is 5.91. The van der Waals surface area contributed by atoms with E-state index in [2.05, 4.69) is 46.1 Å². The minimum absolute atomic E-state index is 0.578. The number of halogens is 2. The summed E-state index contributed by atoms with van der Waals surface area (Å²) in [6.45, 7) is 1.19. The largest absolute Gasteiger partial charge is 0.373 e. The van der Waals surface area contributed by atoms with Gasteiger partial charge in [-0.05, 0) is 70.6 Å². The summed E-state index contributed by atoms with van der Waals surface area (Å²) in [7, 11) is 2.21. The highest BCUT2D eigenvalue weighted by Crippen LogP contribution is 2.48. The molecule has 3 unspecified atom stereocenters. The summed E-state index contributed by atoms with van der Waals surface area (Å²) >= 11 is 9.56. The molecule has 2 aliphatic carbocycles. The van der Waals surface area contributed by atoms with Gasteiger partial charge in [0, 0.05) is 23.9 Å². The average Bonchev–Trinajstić information content (AvgIpc) is 3.00. The number of anilines is 1. The van der Waals surface area contributed by atoms with Crippen LogP contribution in [0.15, 0.2) is 22.7 Å². The summed E-state index contributed by atoms with van der Waals surface area (Å²) in [6, 6.07) is 6.46. The average molecular weight is 343 g/mol. The SMILES string of the molecule is CN(CC1CC2CCC1C2)c1ccc(CCl)cc1Br. The van der Waals surface area contributed by atoms with Gasteiger partial charge in [0.1, 0.15) is 0 Å². The van der Waals surface area contributed by atoms with Crippen molar-refractivity contribution in [1.82, 2.24) is 0 Å². The van der Waals surface area contributed by atoms with E-state index in [0.717, 1.165) is 22.2 Å². The first-order chi connectivity index (χ1) is 9.17. The van der Waals surface area contributed by atoms with Gasteiger partial charge in [0.15, 0.2) is 0 Å². The molecule has 0 spiro atoms. The molecular weight excluding hydrogens is 322 g/mol. The molecule has 104 valence electrons. The van der Waals surface area contributed by atoms with Gasteiger partial charge in [0.2, 0.25) is 0 Å². The highest BCUT2D eigenvalue weighted by atomic mass is 79.9. The third-order valence-electron chi connectivity index (χ3n) is 4.97. The van der Waals surface area contributed by atoms with Crippen LogP contribution in [0.1, 0.15) is 31.2 Å². The van der Waals surface area contributed by atoms with Crippen molar-refractivity contribution in [2.45, 2.75) is 31.6 Å². The zero-order valence-electron chi connectivity index (χ0n) is 11.4. The van der Waals surface area contributed by atoms with Crippen molar-refractivity contribution in [1.29, 1.82) is 0 Å². The number of hydrogen-bond donors (Lipinski definition) is 0. The fourth-order valence-corrected chi connectivity index (χ4v) is 4.89. The van der Waals surface area contributed by atoms with Crippen LogP contribution >= 0.6 is 27.5 Å². The molecule has 1 nitrogen and oxygen atoms in total. The number of nitrogens with zero attached hydrogens (tertiary/aromatic N) is 1. The van der Waals surface area contributed by atoms with Gasteiger partial charge < -0.3 is 4.90 Å². The van der Waals surface area contributed by atoms with Crippen molar-refractivity contribution < 1.29 is 0 Å². The predicted octanol–water partition coefficient (Wildman–Crippen LogP) is 5.06. The number of hydrogen-bond acceptors (Lipinski definition) is 1. The van der Waals surface area contributed by atoms with Crippen LogP contribution in [-0.2, 0) is 5.88 Å². The van der Waals surface area contributed by atoms with E-state index in [1.807, 2.05) is 0 Å². The van der Waals surface area contributed by atoms with Crippen LogP contribution in [-0.4, -0.2) is 13.6 Å². The second-order valence-electron chi connectivity index (χ2n) is 6.23. The molecule has 3 rings (SSSR count). The van der Waals surface area contributed by atoms with Crippen LogP contribution in [0.4, 0.5) is 5.69 Å². The van der Waals surface area contributed by atoms with Crippen molar-refractivity contribution in [3.63, 3.8) is 0 Å². The Morgan fingerprint density at radius 1 is 1.32 bits per heavy atom. The maximum Gasteiger partial charge on any atom is 0.0508 e. The first-order valence-corrected chi connectivity index (χ1v) is 8.55. The van der Waals surface area contributed by atoms with Crippen molar-refractivity contribution in [2.24, 2.45) is 17.8 Å². The normalized spacial score (nSPS) is 28.9. The Bertz CT molecular complexity index is 462. The Morgan fingerprint density at radius 3 is 2.74 bits per heavy atom. The Kier molecular flexibility index (Phi) is 4.09. The van der Waals surface area contributed by atoms with E-state index in [1.165, 1.54) is 43.5 Å². The molecule has 0 saturated heterocycles. The molecule has 0 amide bonds. The van der Waals surface area contributed by atoms with Gasteiger partial charge in [0.25, 0.3) is 0 Å². The molecule has 3 atom stereocenters. The second kappa shape index (κ2) is 5.65. The molecule has 19 heavy (non-hydrogen) atoms. The molecule has 2 fully saturated rings. The molecule has 0 heterocycles. The van der Waals surface area contributed by atoms with Gasteiger partial charge in [-0.2, -0.15) is 0 Å². The number of rotatable bonds is 4. The van der Waals surface area contributed by atoms with Crippen LogP contribution in [0.25, 0.3) is 0 Å². The lowest BCUT2D eigenvalue weighted by Gasteiger charge is -2.29. The molecule has 2 aliphatic rings. The van der Waals surface area contributed by atoms with Crippen molar-refractivity contribution in [2.75, 3.05) is 18.5 Å². The van der Waals surface area contributed by atoms with Crippen molar-refractivity contribution in [3.05, 3.63) is 28.2 Å². The van der Waals surface area contributed by atoms with E-state index in [4.69, 9.17) is 11.6 Å². The number of alkyl halides is 1. The second-order valence-corrected chi connectivity index (χ2v) is 7.36.